The Bertz CT molecular complexity index is 537. The van der Waals surface area contributed by atoms with Gasteiger partial charge in [-0.25, -0.2) is 0 Å². The number of hydrogen-bond acceptors (Lipinski definition) is 2. The lowest BCUT2D eigenvalue weighted by molar-refractivity contribution is 0.723. The number of halogens is 1. The smallest absolute Gasteiger partial charge is 0.0208 e. The largest absolute Gasteiger partial charge is 0.313 e. The van der Waals surface area contributed by atoms with Gasteiger partial charge in [-0.2, -0.15) is 0 Å². The minimum atomic E-state index is 0.950. The van der Waals surface area contributed by atoms with E-state index < -0.39 is 0 Å². The lowest BCUT2D eigenvalue weighted by Gasteiger charge is -2.09. The van der Waals surface area contributed by atoms with E-state index in [0.29, 0.717) is 0 Å². The minimum Gasteiger partial charge on any atom is -0.313 e. The zero-order chi connectivity index (χ0) is 13.7. The zero-order valence-corrected chi connectivity index (χ0v) is 13.6. The maximum Gasteiger partial charge on any atom is 0.0208 e. The number of rotatable bonds is 5. The van der Waals surface area contributed by atoms with Crippen molar-refractivity contribution >= 4 is 27.7 Å². The van der Waals surface area contributed by atoms with Crippen molar-refractivity contribution in [2.75, 3.05) is 6.54 Å². The highest BCUT2D eigenvalue weighted by Gasteiger charge is 2.02. The van der Waals surface area contributed by atoms with Gasteiger partial charge in [0.25, 0.3) is 0 Å². The summed E-state index contributed by atoms with van der Waals surface area (Å²) in [5, 5.41) is 3.37. The second kappa shape index (κ2) is 7.13. The van der Waals surface area contributed by atoms with Gasteiger partial charge in [-0.3, -0.25) is 0 Å². The van der Waals surface area contributed by atoms with E-state index in [1.54, 1.807) is 11.8 Å². The van der Waals surface area contributed by atoms with Crippen LogP contribution < -0.4 is 5.32 Å². The molecule has 0 aliphatic heterocycles. The van der Waals surface area contributed by atoms with Crippen molar-refractivity contribution < 1.29 is 0 Å². The third-order valence-electron chi connectivity index (χ3n) is 2.93. The Balaban J connectivity index is 2.09. The normalized spacial score (nSPS) is 10.7. The number of aryl methyl sites for hydroxylation is 1. The molecule has 0 fully saturated rings. The Kier molecular flexibility index (Phi) is 5.49. The molecular formula is C16H18BrNS. The standard InChI is InChI=1S/C16H18BrNS/c1-3-18-11-13-4-7-16(10-12(13)2)19-15-8-5-14(17)6-9-15/h4-10,18H,3,11H2,1-2H3. The molecule has 0 atom stereocenters. The third-order valence-corrected chi connectivity index (χ3v) is 4.46. The average molecular weight is 336 g/mol. The molecule has 1 nitrogen and oxygen atoms in total. The van der Waals surface area contributed by atoms with Crippen molar-refractivity contribution in [3.63, 3.8) is 0 Å². The molecule has 0 saturated heterocycles. The predicted octanol–water partition coefficient (Wildman–Crippen LogP) is 5.02. The van der Waals surface area contributed by atoms with E-state index in [2.05, 4.69) is 77.6 Å². The minimum absolute atomic E-state index is 0.950. The van der Waals surface area contributed by atoms with Crippen LogP contribution in [-0.4, -0.2) is 6.54 Å². The third kappa shape index (κ3) is 4.37. The van der Waals surface area contributed by atoms with Gasteiger partial charge < -0.3 is 5.32 Å². The quantitative estimate of drug-likeness (QED) is 0.823. The predicted molar refractivity (Wildman–Crippen MR) is 86.8 cm³/mol. The van der Waals surface area contributed by atoms with Gasteiger partial charge in [0.1, 0.15) is 0 Å². The molecule has 0 radical (unpaired) electrons. The highest BCUT2D eigenvalue weighted by atomic mass is 79.9. The Morgan fingerprint density at radius 1 is 1.05 bits per heavy atom. The van der Waals surface area contributed by atoms with Gasteiger partial charge in [0.2, 0.25) is 0 Å². The van der Waals surface area contributed by atoms with Crippen molar-refractivity contribution in [2.45, 2.75) is 30.2 Å². The maximum absolute atomic E-state index is 3.46. The molecule has 2 aromatic carbocycles. The van der Waals surface area contributed by atoms with Crippen molar-refractivity contribution in [1.29, 1.82) is 0 Å². The van der Waals surface area contributed by atoms with E-state index in [1.807, 2.05) is 0 Å². The van der Waals surface area contributed by atoms with Gasteiger partial charge in [-0.1, -0.05) is 40.7 Å². The number of nitrogens with one attached hydrogen (secondary N) is 1. The molecule has 1 N–H and O–H groups in total. The van der Waals surface area contributed by atoms with E-state index in [-0.39, 0.29) is 0 Å². The molecule has 0 aliphatic carbocycles. The van der Waals surface area contributed by atoms with Gasteiger partial charge in [-0.05, 0) is 61.0 Å². The summed E-state index contributed by atoms with van der Waals surface area (Å²) in [5.74, 6) is 0. The van der Waals surface area contributed by atoms with Crippen molar-refractivity contribution in [3.05, 3.63) is 58.1 Å². The lowest BCUT2D eigenvalue weighted by atomic mass is 10.1. The van der Waals surface area contributed by atoms with Crippen LogP contribution in [0, 0.1) is 6.92 Å². The van der Waals surface area contributed by atoms with E-state index in [4.69, 9.17) is 0 Å². The second-order valence-corrected chi connectivity index (χ2v) is 6.49. The highest BCUT2D eigenvalue weighted by Crippen LogP contribution is 2.29. The molecular weight excluding hydrogens is 318 g/mol. The number of benzene rings is 2. The Hall–Kier alpha value is -0.770. The fourth-order valence-corrected chi connectivity index (χ4v) is 3.01. The molecule has 0 heterocycles. The van der Waals surface area contributed by atoms with Crippen LogP contribution in [0.15, 0.2) is 56.7 Å². The monoisotopic (exact) mass is 335 g/mol. The fraction of sp³-hybridized carbons (Fsp3) is 0.250. The first-order chi connectivity index (χ1) is 9.19. The van der Waals surface area contributed by atoms with Gasteiger partial charge in [0, 0.05) is 20.8 Å². The first-order valence-corrected chi connectivity index (χ1v) is 8.03. The lowest BCUT2D eigenvalue weighted by Crippen LogP contribution is -2.12. The molecule has 0 amide bonds. The Labute approximate surface area is 127 Å². The average Bonchev–Trinajstić information content (AvgIpc) is 2.41. The first kappa shape index (κ1) is 14.6. The summed E-state index contributed by atoms with van der Waals surface area (Å²) in [7, 11) is 0. The van der Waals surface area contributed by atoms with Crippen LogP contribution in [0.1, 0.15) is 18.1 Å². The molecule has 2 aromatic rings. The number of hydrogen-bond donors (Lipinski definition) is 1. The van der Waals surface area contributed by atoms with Crippen LogP contribution in [0.2, 0.25) is 0 Å². The van der Waals surface area contributed by atoms with Crippen LogP contribution in [0.4, 0.5) is 0 Å². The van der Waals surface area contributed by atoms with Crippen LogP contribution in [0.25, 0.3) is 0 Å². The van der Waals surface area contributed by atoms with Gasteiger partial charge in [0.15, 0.2) is 0 Å². The molecule has 0 spiro atoms. The summed E-state index contributed by atoms with van der Waals surface area (Å²) in [6, 6.07) is 15.1. The van der Waals surface area contributed by atoms with E-state index in [9.17, 15) is 0 Å². The highest BCUT2D eigenvalue weighted by molar-refractivity contribution is 9.10. The molecule has 2 rings (SSSR count). The van der Waals surface area contributed by atoms with E-state index in [0.717, 1.165) is 17.6 Å². The molecule has 19 heavy (non-hydrogen) atoms. The van der Waals surface area contributed by atoms with Crippen molar-refractivity contribution in [1.82, 2.24) is 5.32 Å². The molecule has 0 bridgehead atoms. The van der Waals surface area contributed by atoms with Gasteiger partial charge >= 0.3 is 0 Å². The van der Waals surface area contributed by atoms with Crippen LogP contribution >= 0.6 is 27.7 Å². The zero-order valence-electron chi connectivity index (χ0n) is 11.2. The summed E-state index contributed by atoms with van der Waals surface area (Å²) < 4.78 is 1.12. The van der Waals surface area contributed by atoms with Crippen LogP contribution in [-0.2, 0) is 6.54 Å². The molecule has 0 unspecified atom stereocenters. The van der Waals surface area contributed by atoms with Crippen LogP contribution in [0.3, 0.4) is 0 Å². The maximum atomic E-state index is 3.46. The molecule has 0 saturated carbocycles. The summed E-state index contributed by atoms with van der Waals surface area (Å²) in [6.45, 7) is 6.27. The molecule has 3 heteroatoms. The van der Waals surface area contributed by atoms with Crippen molar-refractivity contribution in [3.8, 4) is 0 Å². The SMILES string of the molecule is CCNCc1ccc(Sc2ccc(Br)cc2)cc1C. The van der Waals surface area contributed by atoms with Crippen LogP contribution in [0.5, 0.6) is 0 Å². The fourth-order valence-electron chi connectivity index (χ4n) is 1.83. The van der Waals surface area contributed by atoms with E-state index in [1.165, 1.54) is 20.9 Å². The summed E-state index contributed by atoms with van der Waals surface area (Å²) in [6.07, 6.45) is 0. The Morgan fingerprint density at radius 2 is 1.74 bits per heavy atom. The van der Waals surface area contributed by atoms with Gasteiger partial charge in [0.05, 0.1) is 0 Å². The molecule has 0 aliphatic rings. The topological polar surface area (TPSA) is 12.0 Å². The molecule has 100 valence electrons. The van der Waals surface area contributed by atoms with Crippen molar-refractivity contribution in [2.24, 2.45) is 0 Å². The van der Waals surface area contributed by atoms with E-state index >= 15 is 0 Å². The van der Waals surface area contributed by atoms with Gasteiger partial charge in [-0.15, -0.1) is 0 Å². The summed E-state index contributed by atoms with van der Waals surface area (Å²) in [4.78, 5) is 2.56. The Morgan fingerprint density at radius 3 is 2.37 bits per heavy atom. The summed E-state index contributed by atoms with van der Waals surface area (Å²) >= 11 is 5.26. The molecule has 0 aromatic heterocycles. The first-order valence-electron chi connectivity index (χ1n) is 6.42. The summed E-state index contributed by atoms with van der Waals surface area (Å²) in [5.41, 5.74) is 2.73. The second-order valence-electron chi connectivity index (χ2n) is 4.42.